The van der Waals surface area contributed by atoms with Gasteiger partial charge in [0.2, 0.25) is 5.91 Å². The standard InChI is InChI=1S/C15H22N2O3/c1-9-6-10(2)13(11(3)7-9)17-12(18)8-16-15(4,5)14(19)20/h6-7,16H,8H2,1-5H3,(H,17,18)(H,19,20). The van der Waals surface area contributed by atoms with Crippen molar-refractivity contribution in [1.29, 1.82) is 0 Å². The molecule has 5 heteroatoms. The summed E-state index contributed by atoms with van der Waals surface area (Å²) in [6.07, 6.45) is 0. The molecule has 0 atom stereocenters. The Kier molecular flexibility index (Phi) is 4.89. The maximum Gasteiger partial charge on any atom is 0.323 e. The van der Waals surface area contributed by atoms with E-state index in [0.29, 0.717) is 0 Å². The van der Waals surface area contributed by atoms with Crippen LogP contribution in [-0.4, -0.2) is 29.1 Å². The lowest BCUT2D eigenvalue weighted by molar-refractivity contribution is -0.143. The van der Waals surface area contributed by atoms with Crippen molar-refractivity contribution in [3.63, 3.8) is 0 Å². The third-order valence-electron chi connectivity index (χ3n) is 3.17. The molecule has 0 aliphatic rings. The highest BCUT2D eigenvalue weighted by Gasteiger charge is 2.26. The third kappa shape index (κ3) is 4.06. The molecule has 3 N–H and O–H groups in total. The van der Waals surface area contributed by atoms with Gasteiger partial charge in [0.05, 0.1) is 6.54 Å². The van der Waals surface area contributed by atoms with E-state index in [-0.39, 0.29) is 12.5 Å². The number of hydrogen-bond acceptors (Lipinski definition) is 3. The molecule has 0 heterocycles. The molecule has 0 spiro atoms. The van der Waals surface area contributed by atoms with E-state index in [2.05, 4.69) is 10.6 Å². The van der Waals surface area contributed by atoms with Gasteiger partial charge in [-0.3, -0.25) is 14.9 Å². The number of carboxylic acid groups (broad SMARTS) is 1. The maximum absolute atomic E-state index is 11.9. The fraction of sp³-hybridized carbons (Fsp3) is 0.467. The van der Waals surface area contributed by atoms with Gasteiger partial charge in [-0.05, 0) is 45.7 Å². The molecule has 1 aromatic carbocycles. The Morgan fingerprint density at radius 3 is 2.10 bits per heavy atom. The van der Waals surface area contributed by atoms with E-state index < -0.39 is 11.5 Å². The number of carboxylic acids is 1. The van der Waals surface area contributed by atoms with Gasteiger partial charge in [-0.1, -0.05) is 17.7 Å². The van der Waals surface area contributed by atoms with Crippen LogP contribution in [0.1, 0.15) is 30.5 Å². The average Bonchev–Trinajstić information content (AvgIpc) is 2.31. The van der Waals surface area contributed by atoms with Crippen molar-refractivity contribution in [2.75, 3.05) is 11.9 Å². The highest BCUT2D eigenvalue weighted by molar-refractivity contribution is 5.94. The van der Waals surface area contributed by atoms with Crippen LogP contribution in [0.25, 0.3) is 0 Å². The second-order valence-corrected chi connectivity index (χ2v) is 5.61. The number of benzene rings is 1. The van der Waals surface area contributed by atoms with Crippen molar-refractivity contribution in [3.05, 3.63) is 28.8 Å². The summed E-state index contributed by atoms with van der Waals surface area (Å²) in [4.78, 5) is 22.8. The Bertz CT molecular complexity index is 513. The first-order chi connectivity index (χ1) is 9.13. The van der Waals surface area contributed by atoms with Crippen LogP contribution in [0, 0.1) is 20.8 Å². The van der Waals surface area contributed by atoms with Crippen LogP contribution in [0.2, 0.25) is 0 Å². The van der Waals surface area contributed by atoms with Gasteiger partial charge in [-0.25, -0.2) is 0 Å². The molecule has 0 fully saturated rings. The molecule has 0 aromatic heterocycles. The van der Waals surface area contributed by atoms with E-state index >= 15 is 0 Å². The van der Waals surface area contributed by atoms with Crippen molar-refractivity contribution < 1.29 is 14.7 Å². The summed E-state index contributed by atoms with van der Waals surface area (Å²) in [5, 5.41) is 14.5. The number of carbonyl (C=O) groups is 2. The monoisotopic (exact) mass is 278 g/mol. The largest absolute Gasteiger partial charge is 0.480 e. The minimum atomic E-state index is -1.13. The van der Waals surface area contributed by atoms with E-state index in [0.717, 1.165) is 22.4 Å². The highest BCUT2D eigenvalue weighted by Crippen LogP contribution is 2.21. The van der Waals surface area contributed by atoms with Crippen molar-refractivity contribution in [2.45, 2.75) is 40.2 Å². The number of rotatable bonds is 5. The van der Waals surface area contributed by atoms with Crippen LogP contribution in [0.4, 0.5) is 5.69 Å². The van der Waals surface area contributed by atoms with Crippen LogP contribution in [-0.2, 0) is 9.59 Å². The van der Waals surface area contributed by atoms with Crippen molar-refractivity contribution in [1.82, 2.24) is 5.32 Å². The maximum atomic E-state index is 11.9. The van der Waals surface area contributed by atoms with Gasteiger partial charge in [0.25, 0.3) is 0 Å². The van der Waals surface area contributed by atoms with E-state index in [1.54, 1.807) is 0 Å². The Labute approximate surface area is 119 Å². The zero-order chi connectivity index (χ0) is 15.5. The topological polar surface area (TPSA) is 78.4 Å². The number of aryl methyl sites for hydroxylation is 3. The smallest absolute Gasteiger partial charge is 0.323 e. The molecule has 1 rings (SSSR count). The Balaban J connectivity index is 2.71. The zero-order valence-electron chi connectivity index (χ0n) is 12.6. The highest BCUT2D eigenvalue weighted by atomic mass is 16.4. The number of carbonyl (C=O) groups excluding carboxylic acids is 1. The number of anilines is 1. The molecule has 0 aliphatic carbocycles. The SMILES string of the molecule is Cc1cc(C)c(NC(=O)CNC(C)(C)C(=O)O)c(C)c1. The fourth-order valence-electron chi connectivity index (χ4n) is 1.94. The molecular formula is C15H22N2O3. The first-order valence-corrected chi connectivity index (χ1v) is 6.49. The molecule has 0 radical (unpaired) electrons. The van der Waals surface area contributed by atoms with Crippen LogP contribution < -0.4 is 10.6 Å². The lowest BCUT2D eigenvalue weighted by atomic mass is 10.0. The van der Waals surface area contributed by atoms with E-state index in [4.69, 9.17) is 5.11 Å². The van der Waals surface area contributed by atoms with E-state index in [9.17, 15) is 9.59 Å². The third-order valence-corrected chi connectivity index (χ3v) is 3.17. The average molecular weight is 278 g/mol. The summed E-state index contributed by atoms with van der Waals surface area (Å²) in [7, 11) is 0. The van der Waals surface area contributed by atoms with Gasteiger partial charge in [0, 0.05) is 5.69 Å². The molecule has 0 unspecified atom stereocenters. The van der Waals surface area contributed by atoms with Gasteiger partial charge >= 0.3 is 5.97 Å². The van der Waals surface area contributed by atoms with Crippen molar-refractivity contribution in [2.24, 2.45) is 0 Å². The summed E-state index contributed by atoms with van der Waals surface area (Å²) < 4.78 is 0. The number of aliphatic carboxylic acids is 1. The van der Waals surface area contributed by atoms with E-state index in [1.165, 1.54) is 13.8 Å². The predicted molar refractivity (Wildman–Crippen MR) is 79.0 cm³/mol. The normalized spacial score (nSPS) is 11.2. The summed E-state index contributed by atoms with van der Waals surface area (Å²) >= 11 is 0. The van der Waals surface area contributed by atoms with Crippen LogP contribution in [0.3, 0.4) is 0 Å². The first kappa shape index (κ1) is 16.2. The lowest BCUT2D eigenvalue weighted by Gasteiger charge is -2.21. The van der Waals surface area contributed by atoms with Gasteiger partial charge < -0.3 is 10.4 Å². The Hall–Kier alpha value is -1.88. The number of hydrogen-bond donors (Lipinski definition) is 3. The summed E-state index contributed by atoms with van der Waals surface area (Å²) in [6, 6.07) is 3.99. The van der Waals surface area contributed by atoms with E-state index in [1.807, 2.05) is 32.9 Å². The molecule has 0 saturated heterocycles. The molecule has 0 aliphatic heterocycles. The van der Waals surface area contributed by atoms with Crippen LogP contribution in [0.5, 0.6) is 0 Å². The van der Waals surface area contributed by atoms with Crippen LogP contribution in [0.15, 0.2) is 12.1 Å². The van der Waals surface area contributed by atoms with Crippen molar-refractivity contribution in [3.8, 4) is 0 Å². The minimum Gasteiger partial charge on any atom is -0.480 e. The Morgan fingerprint density at radius 2 is 1.65 bits per heavy atom. The second-order valence-electron chi connectivity index (χ2n) is 5.61. The molecule has 5 nitrogen and oxygen atoms in total. The molecule has 110 valence electrons. The predicted octanol–water partition coefficient (Wildman–Crippen LogP) is 2.00. The van der Waals surface area contributed by atoms with Gasteiger partial charge in [0.15, 0.2) is 0 Å². The first-order valence-electron chi connectivity index (χ1n) is 6.49. The second kappa shape index (κ2) is 6.05. The quantitative estimate of drug-likeness (QED) is 0.770. The molecule has 20 heavy (non-hydrogen) atoms. The van der Waals surface area contributed by atoms with Crippen LogP contribution >= 0.6 is 0 Å². The summed E-state index contributed by atoms with van der Waals surface area (Å²) in [5.74, 6) is -1.25. The summed E-state index contributed by atoms with van der Waals surface area (Å²) in [5.41, 5.74) is 2.79. The fourth-order valence-corrected chi connectivity index (χ4v) is 1.94. The summed E-state index contributed by atoms with van der Waals surface area (Å²) in [6.45, 7) is 8.86. The molecule has 1 amide bonds. The number of amides is 1. The van der Waals surface area contributed by atoms with Gasteiger partial charge in [0.1, 0.15) is 5.54 Å². The lowest BCUT2D eigenvalue weighted by Crippen LogP contribution is -2.49. The zero-order valence-corrected chi connectivity index (χ0v) is 12.6. The minimum absolute atomic E-state index is 0.0495. The molecule has 0 saturated carbocycles. The Morgan fingerprint density at radius 1 is 1.15 bits per heavy atom. The molecule has 0 bridgehead atoms. The molecule has 1 aromatic rings. The number of nitrogens with one attached hydrogen (secondary N) is 2. The molecular weight excluding hydrogens is 256 g/mol. The van der Waals surface area contributed by atoms with Crippen molar-refractivity contribution >= 4 is 17.6 Å². The van der Waals surface area contributed by atoms with Gasteiger partial charge in [-0.15, -0.1) is 0 Å². The van der Waals surface area contributed by atoms with Gasteiger partial charge in [-0.2, -0.15) is 0 Å².